The van der Waals surface area contributed by atoms with Gasteiger partial charge in [-0.1, -0.05) is 13.8 Å². The monoisotopic (exact) mass is 654 g/mol. The fourth-order valence-corrected chi connectivity index (χ4v) is 7.08. The van der Waals surface area contributed by atoms with E-state index in [9.17, 15) is 19.5 Å². The molecule has 0 aromatic carbocycles. The molecule has 3 fully saturated rings. The number of methoxy groups -OCH3 is 1. The molecule has 0 radical (unpaired) electrons. The van der Waals surface area contributed by atoms with Crippen LogP contribution in [0.1, 0.15) is 61.3 Å². The Morgan fingerprint density at radius 1 is 1.04 bits per heavy atom. The Hall–Kier alpha value is -1.67. The Balaban J connectivity index is 1.88. The molecule has 1 amide bonds. The van der Waals surface area contributed by atoms with E-state index in [4.69, 9.17) is 18.9 Å². The van der Waals surface area contributed by atoms with Gasteiger partial charge in [-0.3, -0.25) is 24.2 Å². The molecule has 0 bridgehead atoms. The Labute approximate surface area is 277 Å². The number of rotatable bonds is 7. The van der Waals surface area contributed by atoms with Crippen LogP contribution in [0.15, 0.2) is 0 Å². The molecule has 3 rings (SSSR count). The summed E-state index contributed by atoms with van der Waals surface area (Å²) in [6.45, 7) is 14.8. The first-order chi connectivity index (χ1) is 21.2. The molecule has 266 valence electrons. The number of hydrogen-bond acceptors (Lipinski definition) is 11. The number of aliphatic hydroxyl groups excluding tert-OH is 1. The highest BCUT2D eigenvalue weighted by atomic mass is 16.7. The molecule has 0 aliphatic carbocycles. The molecule has 1 N–H and O–H groups in total. The van der Waals surface area contributed by atoms with Crippen LogP contribution >= 0.6 is 0 Å². The smallest absolute Gasteiger partial charge is 0.319 e. The highest BCUT2D eigenvalue weighted by molar-refractivity contribution is 6.04. The number of hydrogen-bond donors (Lipinski definition) is 1. The second-order valence-electron chi connectivity index (χ2n) is 15.6. The zero-order chi connectivity index (χ0) is 34.9. The summed E-state index contributed by atoms with van der Waals surface area (Å²) < 4.78 is 24.6. The predicted molar refractivity (Wildman–Crippen MR) is 175 cm³/mol. The standard InChI is InChI=1S/C34H62N4O8/c1-20-14-26(43-13)28(46-30-27(39)24(35(8)9)15-21(2)45-30)22(3)29(40)33(4,5)32(42)44-19-25(37(12)16-20)23-17-38(18-23)31(41)34(6,7)36(10)11/h20-28,30,39H,14-19H2,1-13H3/t20-,21-,22-,24+,25-,26-,27-,28-,30+/m1/s1. The largest absolute Gasteiger partial charge is 0.463 e. The minimum atomic E-state index is -1.45. The van der Waals surface area contributed by atoms with Crippen LogP contribution in [0.25, 0.3) is 0 Å². The van der Waals surface area contributed by atoms with E-state index in [1.807, 2.05) is 70.7 Å². The Kier molecular flexibility index (Phi) is 12.9. The topological polar surface area (TPSA) is 121 Å². The summed E-state index contributed by atoms with van der Waals surface area (Å²) in [6, 6.07) is -0.316. The average molecular weight is 655 g/mol. The minimum Gasteiger partial charge on any atom is -0.463 e. The number of nitrogens with zero attached hydrogens (tertiary/aromatic N) is 4. The molecular formula is C34H62N4O8. The number of carbonyl (C=O) groups is 3. The van der Waals surface area contributed by atoms with Gasteiger partial charge in [-0.15, -0.1) is 0 Å². The molecule has 0 aromatic heterocycles. The van der Waals surface area contributed by atoms with Crippen LogP contribution in [0.3, 0.4) is 0 Å². The van der Waals surface area contributed by atoms with Crippen molar-refractivity contribution in [3.8, 4) is 0 Å². The van der Waals surface area contributed by atoms with Crippen molar-refractivity contribution in [1.29, 1.82) is 0 Å². The van der Waals surface area contributed by atoms with Crippen molar-refractivity contribution in [2.24, 2.45) is 23.2 Å². The number of ether oxygens (including phenoxy) is 4. The fraction of sp³-hybridized carbons (Fsp3) is 0.912. The highest BCUT2D eigenvalue weighted by Gasteiger charge is 2.49. The third-order valence-corrected chi connectivity index (χ3v) is 10.8. The Bertz CT molecular complexity index is 1060. The first-order valence-electron chi connectivity index (χ1n) is 16.8. The van der Waals surface area contributed by atoms with Crippen LogP contribution in [0.2, 0.25) is 0 Å². The van der Waals surface area contributed by atoms with Crippen LogP contribution in [-0.2, 0) is 33.3 Å². The highest BCUT2D eigenvalue weighted by Crippen LogP contribution is 2.35. The summed E-state index contributed by atoms with van der Waals surface area (Å²) in [5, 5.41) is 11.2. The third kappa shape index (κ3) is 8.30. The van der Waals surface area contributed by atoms with Gasteiger partial charge in [0.25, 0.3) is 0 Å². The molecule has 0 spiro atoms. The van der Waals surface area contributed by atoms with Crippen LogP contribution in [-0.4, -0.2) is 159 Å². The number of aliphatic hydroxyl groups is 1. The maximum Gasteiger partial charge on any atom is 0.319 e. The van der Waals surface area contributed by atoms with Gasteiger partial charge in [0, 0.05) is 50.7 Å². The van der Waals surface area contributed by atoms with Crippen molar-refractivity contribution >= 4 is 17.7 Å². The lowest BCUT2D eigenvalue weighted by Crippen LogP contribution is -2.64. The van der Waals surface area contributed by atoms with Gasteiger partial charge in [-0.05, 0) is 88.6 Å². The van der Waals surface area contributed by atoms with Crippen LogP contribution in [0, 0.1) is 23.2 Å². The number of likely N-dealkylation sites (N-methyl/N-ethyl adjacent to an activating group) is 3. The first-order valence-corrected chi connectivity index (χ1v) is 16.8. The molecule has 0 saturated carbocycles. The summed E-state index contributed by atoms with van der Waals surface area (Å²) in [5.74, 6) is -1.38. The molecule has 46 heavy (non-hydrogen) atoms. The number of carbonyl (C=O) groups excluding carboxylic acids is 3. The summed E-state index contributed by atoms with van der Waals surface area (Å²) in [6.07, 6.45) is -2.14. The van der Waals surface area contributed by atoms with E-state index >= 15 is 0 Å². The van der Waals surface area contributed by atoms with Gasteiger partial charge in [0.2, 0.25) is 5.91 Å². The molecule has 3 aliphatic rings. The van der Waals surface area contributed by atoms with Crippen LogP contribution in [0.4, 0.5) is 0 Å². The van der Waals surface area contributed by atoms with Crippen molar-refractivity contribution in [3.05, 3.63) is 0 Å². The number of likely N-dealkylation sites (tertiary alicyclic amines) is 1. The zero-order valence-corrected chi connectivity index (χ0v) is 30.6. The van der Waals surface area contributed by atoms with Gasteiger partial charge in [0.1, 0.15) is 18.1 Å². The van der Waals surface area contributed by atoms with Crippen molar-refractivity contribution in [3.63, 3.8) is 0 Å². The zero-order valence-electron chi connectivity index (χ0n) is 30.6. The molecular weight excluding hydrogens is 592 g/mol. The van der Waals surface area contributed by atoms with Crippen LogP contribution in [0.5, 0.6) is 0 Å². The summed E-state index contributed by atoms with van der Waals surface area (Å²) in [4.78, 5) is 48.9. The van der Waals surface area contributed by atoms with Gasteiger partial charge in [-0.2, -0.15) is 0 Å². The summed E-state index contributed by atoms with van der Waals surface area (Å²) >= 11 is 0. The van der Waals surface area contributed by atoms with Crippen molar-refractivity contribution in [2.75, 3.05) is 68.6 Å². The fourth-order valence-electron chi connectivity index (χ4n) is 7.08. The number of ketones is 1. The second-order valence-corrected chi connectivity index (χ2v) is 15.6. The number of amides is 1. The van der Waals surface area contributed by atoms with E-state index in [0.29, 0.717) is 32.5 Å². The van der Waals surface area contributed by atoms with Crippen LogP contribution < -0.4 is 0 Å². The van der Waals surface area contributed by atoms with E-state index in [0.717, 1.165) is 0 Å². The SMILES string of the molecule is CO[C@@H]1C[C@@H](C)CN(C)[C@@H](C2CN(C(=O)C(C)(C)N(C)C)C2)COC(=O)C(C)(C)C(=O)[C@H](C)[C@H]1O[C@@H]1O[C@H](C)C[C@H](N(C)C)[C@H]1O. The third-order valence-electron chi connectivity index (χ3n) is 10.8. The molecule has 12 nitrogen and oxygen atoms in total. The average Bonchev–Trinajstić information content (AvgIpc) is 2.95. The maximum absolute atomic E-state index is 14.1. The van der Waals surface area contributed by atoms with Gasteiger partial charge < -0.3 is 33.9 Å². The first kappa shape index (κ1) is 38.8. The molecule has 12 heteroatoms. The maximum atomic E-state index is 14.1. The van der Waals surface area contributed by atoms with Gasteiger partial charge >= 0.3 is 5.97 Å². The quantitative estimate of drug-likeness (QED) is 0.319. The lowest BCUT2D eigenvalue weighted by molar-refractivity contribution is -0.284. The second kappa shape index (κ2) is 15.3. The molecule has 3 aliphatic heterocycles. The van der Waals surface area contributed by atoms with Crippen molar-refractivity contribution in [2.45, 2.75) is 110 Å². The summed E-state index contributed by atoms with van der Waals surface area (Å²) in [7, 11) is 11.2. The van der Waals surface area contributed by atoms with Crippen molar-refractivity contribution in [1.82, 2.24) is 19.6 Å². The van der Waals surface area contributed by atoms with E-state index in [2.05, 4.69) is 11.8 Å². The van der Waals surface area contributed by atoms with Gasteiger partial charge in [0.15, 0.2) is 12.1 Å². The minimum absolute atomic E-state index is 0.0689. The lowest BCUT2D eigenvalue weighted by Gasteiger charge is -2.49. The number of cyclic esters (lactones) is 1. The van der Waals surface area contributed by atoms with Crippen molar-refractivity contribution < 1.29 is 38.4 Å². The molecule has 3 heterocycles. The molecule has 0 unspecified atom stereocenters. The normalized spacial score (nSPS) is 36.1. The number of esters is 1. The summed E-state index contributed by atoms with van der Waals surface area (Å²) in [5.41, 5.74) is -2.08. The van der Waals surface area contributed by atoms with E-state index in [1.54, 1.807) is 27.9 Å². The Morgan fingerprint density at radius 2 is 1.65 bits per heavy atom. The molecule has 9 atom stereocenters. The lowest BCUT2D eigenvalue weighted by atomic mass is 9.78. The van der Waals surface area contributed by atoms with E-state index in [-0.39, 0.29) is 48.3 Å². The Morgan fingerprint density at radius 3 is 2.20 bits per heavy atom. The van der Waals surface area contributed by atoms with E-state index in [1.165, 1.54) is 0 Å². The van der Waals surface area contributed by atoms with Gasteiger partial charge in [0.05, 0.1) is 23.9 Å². The van der Waals surface area contributed by atoms with Gasteiger partial charge in [-0.25, -0.2) is 0 Å². The van der Waals surface area contributed by atoms with E-state index < -0.39 is 47.4 Å². The molecule has 0 aromatic rings. The molecule has 3 saturated heterocycles. The predicted octanol–water partition coefficient (Wildman–Crippen LogP) is 1.73. The number of Topliss-reactive ketones (excluding diaryl/α,β-unsaturated/α-hetero) is 1.